The SMILES string of the molecule is O=C(/C=C/c1cccc(CNC(=O)c2cc(OCc3cccc4ccccc34)c3ccccc3n2)c1)NO. The highest BCUT2D eigenvalue weighted by atomic mass is 16.5. The van der Waals surface area contributed by atoms with Crippen molar-refractivity contribution in [3.63, 3.8) is 0 Å². The van der Waals surface area contributed by atoms with Crippen molar-refractivity contribution in [1.29, 1.82) is 0 Å². The van der Waals surface area contributed by atoms with Gasteiger partial charge in [-0.05, 0) is 51.7 Å². The van der Waals surface area contributed by atoms with E-state index in [1.165, 1.54) is 6.08 Å². The molecule has 5 aromatic rings. The number of hydroxylamine groups is 1. The number of nitrogens with one attached hydrogen (secondary N) is 2. The average Bonchev–Trinajstić information content (AvgIpc) is 2.97. The third-order valence-electron chi connectivity index (χ3n) is 6.12. The van der Waals surface area contributed by atoms with Gasteiger partial charge in [0.15, 0.2) is 0 Å². The van der Waals surface area contributed by atoms with Gasteiger partial charge in [-0.1, -0.05) is 72.8 Å². The molecule has 0 aliphatic rings. The quantitative estimate of drug-likeness (QED) is 0.149. The van der Waals surface area contributed by atoms with Gasteiger partial charge in [-0.2, -0.15) is 0 Å². The molecule has 0 aliphatic heterocycles. The van der Waals surface area contributed by atoms with Crippen molar-refractivity contribution in [3.8, 4) is 5.75 Å². The summed E-state index contributed by atoms with van der Waals surface area (Å²) in [5.41, 5.74) is 5.14. The van der Waals surface area contributed by atoms with Gasteiger partial charge in [0.05, 0.1) is 5.52 Å². The van der Waals surface area contributed by atoms with Crippen molar-refractivity contribution in [2.45, 2.75) is 13.2 Å². The number of hydrogen-bond donors (Lipinski definition) is 3. The van der Waals surface area contributed by atoms with Gasteiger partial charge >= 0.3 is 0 Å². The summed E-state index contributed by atoms with van der Waals surface area (Å²) in [5.74, 6) is -0.362. The number of carbonyl (C=O) groups is 2. The zero-order valence-corrected chi connectivity index (χ0v) is 20.4. The number of rotatable bonds is 8. The van der Waals surface area contributed by atoms with Gasteiger partial charge in [0.1, 0.15) is 18.1 Å². The molecule has 38 heavy (non-hydrogen) atoms. The molecule has 0 radical (unpaired) electrons. The van der Waals surface area contributed by atoms with Crippen LogP contribution >= 0.6 is 0 Å². The molecule has 1 aromatic heterocycles. The number of benzene rings is 4. The van der Waals surface area contributed by atoms with Crippen molar-refractivity contribution in [1.82, 2.24) is 15.8 Å². The number of ether oxygens (including phenoxy) is 1. The Morgan fingerprint density at radius 2 is 1.63 bits per heavy atom. The highest BCUT2D eigenvalue weighted by Crippen LogP contribution is 2.27. The van der Waals surface area contributed by atoms with E-state index in [9.17, 15) is 9.59 Å². The minimum Gasteiger partial charge on any atom is -0.488 e. The van der Waals surface area contributed by atoms with Crippen LogP contribution in [0, 0.1) is 0 Å². The Kier molecular flexibility index (Phi) is 7.38. The molecule has 1 heterocycles. The Labute approximate surface area is 219 Å². The van der Waals surface area contributed by atoms with E-state index in [-0.39, 0.29) is 18.1 Å². The second-order valence-corrected chi connectivity index (χ2v) is 8.69. The molecule has 7 nitrogen and oxygen atoms in total. The molecule has 3 N–H and O–H groups in total. The summed E-state index contributed by atoms with van der Waals surface area (Å²) >= 11 is 0. The van der Waals surface area contributed by atoms with Crippen LogP contribution < -0.4 is 15.5 Å². The van der Waals surface area contributed by atoms with Crippen LogP contribution in [-0.4, -0.2) is 22.0 Å². The standard InChI is InChI=1S/C31H25N3O4/c35-30(34-37)16-15-21-7-5-8-22(17-21)19-32-31(36)28-18-29(26-13-3-4-14-27(26)33-28)38-20-24-11-6-10-23-9-1-2-12-25(23)24/h1-18,37H,19-20H2,(H,32,36)(H,34,35)/b16-15+. The van der Waals surface area contributed by atoms with E-state index in [0.717, 1.165) is 32.8 Å². The van der Waals surface area contributed by atoms with E-state index in [1.807, 2.05) is 72.8 Å². The van der Waals surface area contributed by atoms with Crippen LogP contribution in [-0.2, 0) is 17.9 Å². The number of carbonyl (C=O) groups excluding carboxylic acids is 2. The number of amides is 2. The molecule has 0 saturated carbocycles. The average molecular weight is 504 g/mol. The monoisotopic (exact) mass is 503 g/mol. The summed E-state index contributed by atoms with van der Waals surface area (Å²) in [4.78, 5) is 28.9. The summed E-state index contributed by atoms with van der Waals surface area (Å²) in [6, 6.07) is 30.9. The van der Waals surface area contributed by atoms with E-state index in [4.69, 9.17) is 9.94 Å². The molecule has 0 atom stereocenters. The first-order valence-corrected chi connectivity index (χ1v) is 12.1. The summed E-state index contributed by atoms with van der Waals surface area (Å²) in [5, 5.41) is 14.6. The molecule has 0 fully saturated rings. The van der Waals surface area contributed by atoms with Crippen LogP contribution in [0.5, 0.6) is 5.75 Å². The number of fused-ring (bicyclic) bond motifs is 2. The lowest BCUT2D eigenvalue weighted by molar-refractivity contribution is -0.124. The molecule has 0 spiro atoms. The smallest absolute Gasteiger partial charge is 0.270 e. The zero-order valence-electron chi connectivity index (χ0n) is 20.4. The zero-order chi connectivity index (χ0) is 26.3. The number of aromatic nitrogens is 1. The Morgan fingerprint density at radius 1 is 0.868 bits per heavy atom. The molecule has 0 saturated heterocycles. The number of hydrogen-bond acceptors (Lipinski definition) is 5. The van der Waals surface area contributed by atoms with Crippen molar-refractivity contribution >= 4 is 39.6 Å². The van der Waals surface area contributed by atoms with Crippen LogP contribution in [0.3, 0.4) is 0 Å². The van der Waals surface area contributed by atoms with Crippen molar-refractivity contribution < 1.29 is 19.5 Å². The Hall–Kier alpha value is -5.01. The molecule has 5 rings (SSSR count). The van der Waals surface area contributed by atoms with Gasteiger partial charge in [-0.15, -0.1) is 0 Å². The van der Waals surface area contributed by atoms with Gasteiger partial charge in [-0.3, -0.25) is 14.8 Å². The molecule has 7 heteroatoms. The molecule has 0 bridgehead atoms. The fourth-order valence-electron chi connectivity index (χ4n) is 4.24. The van der Waals surface area contributed by atoms with E-state index in [1.54, 1.807) is 17.6 Å². The third-order valence-corrected chi connectivity index (χ3v) is 6.12. The predicted octanol–water partition coefficient (Wildman–Crippen LogP) is 5.42. The van der Waals surface area contributed by atoms with Crippen molar-refractivity contribution in [2.24, 2.45) is 0 Å². The van der Waals surface area contributed by atoms with Crippen LogP contribution in [0.2, 0.25) is 0 Å². The normalized spacial score (nSPS) is 11.1. The molecule has 0 unspecified atom stereocenters. The first kappa shape index (κ1) is 24.7. The van der Waals surface area contributed by atoms with Gasteiger partial charge in [0.25, 0.3) is 11.8 Å². The number of pyridine rings is 1. The largest absolute Gasteiger partial charge is 0.488 e. The maximum atomic E-state index is 13.1. The Balaban J connectivity index is 1.34. The van der Waals surface area contributed by atoms with Crippen molar-refractivity contribution in [3.05, 3.63) is 126 Å². The second-order valence-electron chi connectivity index (χ2n) is 8.69. The van der Waals surface area contributed by atoms with Gasteiger partial charge in [0, 0.05) is 24.1 Å². The minimum absolute atomic E-state index is 0.257. The van der Waals surface area contributed by atoms with Gasteiger partial charge in [-0.25, -0.2) is 10.5 Å². The molecular formula is C31H25N3O4. The second kappa shape index (κ2) is 11.4. The Morgan fingerprint density at radius 3 is 2.50 bits per heavy atom. The van der Waals surface area contributed by atoms with Gasteiger partial charge < -0.3 is 10.1 Å². The fraction of sp³-hybridized carbons (Fsp3) is 0.0645. The van der Waals surface area contributed by atoms with Crippen LogP contribution in [0.4, 0.5) is 0 Å². The third kappa shape index (κ3) is 5.69. The minimum atomic E-state index is -0.621. The summed E-state index contributed by atoms with van der Waals surface area (Å²) in [7, 11) is 0. The first-order chi connectivity index (χ1) is 18.6. The topological polar surface area (TPSA) is 101 Å². The van der Waals surface area contributed by atoms with Crippen molar-refractivity contribution in [2.75, 3.05) is 0 Å². The summed E-state index contributed by atoms with van der Waals surface area (Å²) < 4.78 is 6.26. The maximum absolute atomic E-state index is 13.1. The molecule has 2 amide bonds. The van der Waals surface area contributed by atoms with E-state index < -0.39 is 5.91 Å². The van der Waals surface area contributed by atoms with E-state index >= 15 is 0 Å². The van der Waals surface area contributed by atoms with E-state index in [0.29, 0.717) is 17.9 Å². The van der Waals surface area contributed by atoms with Crippen LogP contribution in [0.15, 0.2) is 103 Å². The summed E-state index contributed by atoms with van der Waals surface area (Å²) in [6.45, 7) is 0.623. The molecular weight excluding hydrogens is 478 g/mol. The first-order valence-electron chi connectivity index (χ1n) is 12.1. The Bertz CT molecular complexity index is 1660. The highest BCUT2D eigenvalue weighted by molar-refractivity contribution is 5.97. The number of para-hydroxylation sites is 1. The number of nitrogens with zero attached hydrogens (tertiary/aromatic N) is 1. The molecule has 4 aromatic carbocycles. The summed E-state index contributed by atoms with van der Waals surface area (Å²) in [6.07, 6.45) is 2.79. The maximum Gasteiger partial charge on any atom is 0.270 e. The van der Waals surface area contributed by atoms with E-state index in [2.05, 4.69) is 28.5 Å². The van der Waals surface area contributed by atoms with Crippen LogP contribution in [0.25, 0.3) is 27.8 Å². The van der Waals surface area contributed by atoms with Crippen LogP contribution in [0.1, 0.15) is 27.2 Å². The highest BCUT2D eigenvalue weighted by Gasteiger charge is 2.14. The fourth-order valence-corrected chi connectivity index (χ4v) is 4.24. The lowest BCUT2D eigenvalue weighted by atomic mass is 10.1. The lowest BCUT2D eigenvalue weighted by Crippen LogP contribution is -2.24. The van der Waals surface area contributed by atoms with Gasteiger partial charge in [0.2, 0.25) is 0 Å². The molecule has 188 valence electrons. The predicted molar refractivity (Wildman–Crippen MR) is 147 cm³/mol. The lowest BCUT2D eigenvalue weighted by Gasteiger charge is -2.13. The molecule has 0 aliphatic carbocycles.